The Morgan fingerprint density at radius 3 is 1.33 bits per heavy atom. The number of hydrogen-bond donors (Lipinski definition) is 0. The fraction of sp³-hybridized carbons (Fsp3) is 0.120. The number of nitrogens with zero attached hydrogens (tertiary/aromatic N) is 1. The summed E-state index contributed by atoms with van der Waals surface area (Å²) in [6.07, 6.45) is 6.72. The highest BCUT2D eigenvalue weighted by Crippen LogP contribution is 2.40. The number of benzene rings is 8. The average Bonchev–Trinajstić information content (AvgIpc) is 3.22. The van der Waals surface area contributed by atoms with Crippen LogP contribution in [0.3, 0.4) is 0 Å². The second-order valence-corrected chi connectivity index (χ2v) is 14.0. The third-order valence-corrected chi connectivity index (χ3v) is 10.9. The van der Waals surface area contributed by atoms with Crippen LogP contribution < -0.4 is 4.90 Å². The molecule has 0 atom stereocenters. The second kappa shape index (κ2) is 13.8. The van der Waals surface area contributed by atoms with Gasteiger partial charge in [-0.3, -0.25) is 0 Å². The van der Waals surface area contributed by atoms with Gasteiger partial charge in [-0.05, 0) is 116 Å². The molecule has 51 heavy (non-hydrogen) atoms. The highest BCUT2D eigenvalue weighted by atomic mass is 15.1. The monoisotopic (exact) mass is 655 g/mol. The molecule has 1 aliphatic rings. The van der Waals surface area contributed by atoms with E-state index in [-0.39, 0.29) is 0 Å². The van der Waals surface area contributed by atoms with Gasteiger partial charge in [0.05, 0.1) is 0 Å². The van der Waals surface area contributed by atoms with E-state index in [1.807, 2.05) is 0 Å². The van der Waals surface area contributed by atoms with Crippen molar-refractivity contribution in [1.29, 1.82) is 0 Å². The van der Waals surface area contributed by atoms with Crippen LogP contribution in [0, 0.1) is 0 Å². The lowest BCUT2D eigenvalue weighted by atomic mass is 9.83. The number of fused-ring (bicyclic) bond motifs is 2. The lowest BCUT2D eigenvalue weighted by Crippen LogP contribution is -2.09. The summed E-state index contributed by atoms with van der Waals surface area (Å²) in [6, 6.07) is 66.9. The zero-order valence-corrected chi connectivity index (χ0v) is 28.9. The Morgan fingerprint density at radius 2 is 0.804 bits per heavy atom. The van der Waals surface area contributed by atoms with Gasteiger partial charge in [-0.1, -0.05) is 165 Å². The van der Waals surface area contributed by atoms with Crippen molar-refractivity contribution >= 4 is 38.6 Å². The molecule has 0 unspecified atom stereocenters. The molecule has 0 spiro atoms. The van der Waals surface area contributed by atoms with E-state index in [4.69, 9.17) is 0 Å². The Bertz CT molecular complexity index is 2300. The van der Waals surface area contributed by atoms with Crippen molar-refractivity contribution in [3.63, 3.8) is 0 Å². The molecule has 1 nitrogen and oxygen atoms in total. The second-order valence-electron chi connectivity index (χ2n) is 14.0. The fourth-order valence-electron chi connectivity index (χ4n) is 8.19. The first-order valence-electron chi connectivity index (χ1n) is 18.5. The highest BCUT2D eigenvalue weighted by molar-refractivity contribution is 5.98. The van der Waals surface area contributed by atoms with E-state index in [0.717, 1.165) is 17.1 Å². The van der Waals surface area contributed by atoms with Crippen LogP contribution in [-0.2, 0) is 0 Å². The van der Waals surface area contributed by atoms with E-state index in [1.54, 1.807) is 0 Å². The summed E-state index contributed by atoms with van der Waals surface area (Å²) in [5.41, 5.74) is 12.4. The number of rotatable bonds is 7. The SMILES string of the molecule is c1cc(-c2ccc(N(c3ccc(-c4cccc5ccccc45)cc3)c3ccc(-c4cccc5ccccc45)cc3)cc2)cc(C2CCCCC2)c1. The van der Waals surface area contributed by atoms with E-state index >= 15 is 0 Å². The predicted molar refractivity (Wildman–Crippen MR) is 218 cm³/mol. The van der Waals surface area contributed by atoms with Crippen LogP contribution in [0.15, 0.2) is 182 Å². The van der Waals surface area contributed by atoms with E-state index in [2.05, 4.69) is 187 Å². The smallest absolute Gasteiger partial charge is 0.0462 e. The van der Waals surface area contributed by atoms with Gasteiger partial charge in [0.1, 0.15) is 0 Å². The molecule has 8 aromatic rings. The molecule has 0 bridgehead atoms. The first kappa shape index (κ1) is 31.1. The van der Waals surface area contributed by atoms with E-state index in [9.17, 15) is 0 Å². The van der Waals surface area contributed by atoms with E-state index in [1.165, 1.54) is 92.6 Å². The van der Waals surface area contributed by atoms with Gasteiger partial charge < -0.3 is 4.90 Å². The normalized spacial score (nSPS) is 13.4. The van der Waals surface area contributed by atoms with Crippen LogP contribution in [0.4, 0.5) is 17.1 Å². The first-order chi connectivity index (χ1) is 25.3. The molecule has 9 rings (SSSR count). The Kier molecular flexibility index (Phi) is 8.39. The summed E-state index contributed by atoms with van der Waals surface area (Å²) >= 11 is 0. The van der Waals surface area contributed by atoms with Gasteiger partial charge in [-0.15, -0.1) is 0 Å². The van der Waals surface area contributed by atoms with Crippen LogP contribution >= 0.6 is 0 Å². The maximum atomic E-state index is 2.43. The summed E-state index contributed by atoms with van der Waals surface area (Å²) in [5.74, 6) is 0.696. The number of hydrogen-bond acceptors (Lipinski definition) is 1. The maximum absolute atomic E-state index is 2.43. The predicted octanol–water partition coefficient (Wildman–Crippen LogP) is 14.5. The van der Waals surface area contributed by atoms with Crippen molar-refractivity contribution in [2.45, 2.75) is 38.0 Å². The third-order valence-electron chi connectivity index (χ3n) is 10.9. The van der Waals surface area contributed by atoms with Gasteiger partial charge in [-0.2, -0.15) is 0 Å². The van der Waals surface area contributed by atoms with Crippen LogP contribution in [0.2, 0.25) is 0 Å². The minimum atomic E-state index is 0.696. The quantitative estimate of drug-likeness (QED) is 0.165. The van der Waals surface area contributed by atoms with Crippen molar-refractivity contribution in [3.05, 3.63) is 188 Å². The molecule has 0 aromatic heterocycles. The zero-order valence-electron chi connectivity index (χ0n) is 28.9. The first-order valence-corrected chi connectivity index (χ1v) is 18.5. The highest BCUT2D eigenvalue weighted by Gasteiger charge is 2.17. The standard InChI is InChI=1S/C50H41N/c1-2-11-36(12-3-1)42-17-8-18-43(35-42)37-23-29-44(30-24-37)51(45-31-25-40(26-32-45)49-21-9-15-38-13-4-6-19-47(38)49)46-33-27-41(28-34-46)50-22-10-16-39-14-5-7-20-48(39)50/h4-10,13-36H,1-3,11-12H2. The summed E-state index contributed by atoms with van der Waals surface area (Å²) < 4.78 is 0. The molecule has 0 amide bonds. The van der Waals surface area contributed by atoms with Gasteiger partial charge in [0, 0.05) is 17.1 Å². The minimum absolute atomic E-state index is 0.696. The Labute approximate surface area is 301 Å². The fourth-order valence-corrected chi connectivity index (χ4v) is 8.19. The molecule has 1 heteroatoms. The third kappa shape index (κ3) is 6.21. The van der Waals surface area contributed by atoms with E-state index < -0.39 is 0 Å². The maximum Gasteiger partial charge on any atom is 0.0462 e. The van der Waals surface area contributed by atoms with Crippen LogP contribution in [-0.4, -0.2) is 0 Å². The molecule has 8 aromatic carbocycles. The molecule has 1 aliphatic carbocycles. The molecule has 246 valence electrons. The Morgan fingerprint density at radius 1 is 0.353 bits per heavy atom. The topological polar surface area (TPSA) is 3.24 Å². The zero-order chi connectivity index (χ0) is 34.0. The van der Waals surface area contributed by atoms with Crippen molar-refractivity contribution in [2.24, 2.45) is 0 Å². The average molecular weight is 656 g/mol. The van der Waals surface area contributed by atoms with E-state index in [0.29, 0.717) is 5.92 Å². The van der Waals surface area contributed by atoms with Crippen molar-refractivity contribution in [1.82, 2.24) is 0 Å². The lowest BCUT2D eigenvalue weighted by molar-refractivity contribution is 0.444. The van der Waals surface area contributed by atoms with Gasteiger partial charge in [-0.25, -0.2) is 0 Å². The molecule has 0 N–H and O–H groups in total. The van der Waals surface area contributed by atoms with Gasteiger partial charge in [0.15, 0.2) is 0 Å². The Hall–Kier alpha value is -5.92. The summed E-state index contributed by atoms with van der Waals surface area (Å²) in [6.45, 7) is 0. The molecule has 0 saturated heterocycles. The summed E-state index contributed by atoms with van der Waals surface area (Å²) in [7, 11) is 0. The van der Waals surface area contributed by atoms with Crippen LogP contribution in [0.1, 0.15) is 43.6 Å². The molecule has 0 aliphatic heterocycles. The van der Waals surface area contributed by atoms with Gasteiger partial charge in [0.2, 0.25) is 0 Å². The molecule has 0 radical (unpaired) electrons. The molecule has 1 saturated carbocycles. The molecular formula is C50H41N. The van der Waals surface area contributed by atoms with Gasteiger partial charge >= 0.3 is 0 Å². The molecule has 1 fully saturated rings. The summed E-state index contributed by atoms with van der Waals surface area (Å²) in [5, 5.41) is 5.07. The number of anilines is 3. The summed E-state index contributed by atoms with van der Waals surface area (Å²) in [4.78, 5) is 2.38. The van der Waals surface area contributed by atoms with Crippen LogP contribution in [0.25, 0.3) is 54.9 Å². The van der Waals surface area contributed by atoms with Crippen molar-refractivity contribution in [2.75, 3.05) is 4.90 Å². The van der Waals surface area contributed by atoms with Crippen LogP contribution in [0.5, 0.6) is 0 Å². The minimum Gasteiger partial charge on any atom is -0.311 e. The Balaban J connectivity index is 1.09. The van der Waals surface area contributed by atoms with Gasteiger partial charge in [0.25, 0.3) is 0 Å². The largest absolute Gasteiger partial charge is 0.311 e. The molecule has 0 heterocycles. The lowest BCUT2D eigenvalue weighted by Gasteiger charge is -2.26. The molecular weight excluding hydrogens is 615 g/mol. The van der Waals surface area contributed by atoms with Crippen molar-refractivity contribution < 1.29 is 0 Å². The van der Waals surface area contributed by atoms with Crippen molar-refractivity contribution in [3.8, 4) is 33.4 Å².